The summed E-state index contributed by atoms with van der Waals surface area (Å²) in [5, 5.41) is 2.73. The van der Waals surface area contributed by atoms with Crippen LogP contribution in [0, 0.1) is 0 Å². The molecule has 0 saturated carbocycles. The number of nitrogens with two attached hydrogens (primary N) is 1. The Morgan fingerprint density at radius 3 is 2.46 bits per heavy atom. The molecule has 3 rings (SSSR count). The Kier molecular flexibility index (Phi) is 5.35. The van der Waals surface area contributed by atoms with Gasteiger partial charge in [0.25, 0.3) is 5.91 Å². The fraction of sp³-hybridized carbons (Fsp3) is 0.0556. The highest BCUT2D eigenvalue weighted by Crippen LogP contribution is 2.20. The molecular weight excluding hydrogens is 352 g/mol. The molecule has 0 aliphatic heterocycles. The number of hydrogen-bond acceptors (Lipinski definition) is 5. The van der Waals surface area contributed by atoms with Crippen LogP contribution in [0.15, 0.2) is 60.8 Å². The Balaban J connectivity index is 1.85. The van der Waals surface area contributed by atoms with Gasteiger partial charge in [0.05, 0.1) is 17.6 Å². The third-order valence-electron chi connectivity index (χ3n) is 3.59. The van der Waals surface area contributed by atoms with Crippen LogP contribution in [0.2, 0.25) is 0 Å². The van der Waals surface area contributed by atoms with Gasteiger partial charge in [-0.25, -0.2) is 14.2 Å². The van der Waals surface area contributed by atoms with Crippen molar-refractivity contribution in [2.75, 3.05) is 11.1 Å². The number of para-hydroxylation sites is 1. The number of amides is 1. The van der Waals surface area contributed by atoms with Gasteiger partial charge in [0.15, 0.2) is 22.6 Å². The molecule has 1 unspecified atom stereocenters. The highest BCUT2D eigenvalue weighted by atomic mass is 32.2. The Hall–Kier alpha value is -3.10. The molecule has 8 heteroatoms. The van der Waals surface area contributed by atoms with Crippen LogP contribution in [0.5, 0.6) is 0 Å². The zero-order chi connectivity index (χ0) is 18.5. The molecule has 26 heavy (non-hydrogen) atoms. The highest BCUT2D eigenvalue weighted by molar-refractivity contribution is 7.78. The molecule has 1 amide bonds. The van der Waals surface area contributed by atoms with Gasteiger partial charge in [-0.15, -0.1) is 0 Å². The molecule has 0 bridgehead atoms. The van der Waals surface area contributed by atoms with Gasteiger partial charge >= 0.3 is 0 Å². The Labute approximate surface area is 152 Å². The Morgan fingerprint density at radius 2 is 1.81 bits per heavy atom. The van der Waals surface area contributed by atoms with Crippen LogP contribution in [0.25, 0.3) is 11.3 Å². The van der Waals surface area contributed by atoms with Gasteiger partial charge in [-0.3, -0.25) is 4.79 Å². The molecular formula is C18H16N4O3S. The first-order valence-electron chi connectivity index (χ1n) is 7.68. The number of rotatable bonds is 5. The molecule has 4 N–H and O–H groups in total. The lowest BCUT2D eigenvalue weighted by molar-refractivity contribution is 0.102. The number of carbonyl (C=O) groups excluding carboxylic acids is 1. The molecule has 0 fully saturated rings. The zero-order valence-electron chi connectivity index (χ0n) is 13.6. The summed E-state index contributed by atoms with van der Waals surface area (Å²) >= 11 is -1.90. The lowest BCUT2D eigenvalue weighted by Gasteiger charge is -2.08. The van der Waals surface area contributed by atoms with Gasteiger partial charge in [-0.2, -0.15) is 0 Å². The summed E-state index contributed by atoms with van der Waals surface area (Å²) < 4.78 is 19.8. The van der Waals surface area contributed by atoms with E-state index in [1.807, 2.05) is 18.2 Å². The van der Waals surface area contributed by atoms with Crippen LogP contribution in [-0.4, -0.2) is 24.6 Å². The number of aromatic nitrogens is 2. The van der Waals surface area contributed by atoms with E-state index in [1.165, 1.54) is 6.20 Å². The van der Waals surface area contributed by atoms with Crippen molar-refractivity contribution in [3.05, 3.63) is 72.1 Å². The number of hydrogen-bond donors (Lipinski definition) is 3. The molecule has 2 aromatic carbocycles. The number of nitrogens with zero attached hydrogens (tertiary/aromatic N) is 2. The molecule has 1 heterocycles. The Morgan fingerprint density at radius 1 is 1.12 bits per heavy atom. The second-order valence-corrected chi connectivity index (χ2v) is 6.40. The van der Waals surface area contributed by atoms with E-state index in [0.717, 1.165) is 11.1 Å². The SMILES string of the molecule is Nc1ncc(-c2ccc(CS(=O)O)cc2)nc1C(=O)Nc1ccccc1. The van der Waals surface area contributed by atoms with Gasteiger partial charge in [0.2, 0.25) is 0 Å². The van der Waals surface area contributed by atoms with E-state index in [9.17, 15) is 9.00 Å². The molecule has 1 atom stereocenters. The normalized spacial score (nSPS) is 11.7. The monoisotopic (exact) mass is 368 g/mol. The third kappa shape index (κ3) is 4.29. The molecule has 0 aliphatic rings. The molecule has 3 aromatic rings. The van der Waals surface area contributed by atoms with Crippen molar-refractivity contribution in [3.63, 3.8) is 0 Å². The maximum Gasteiger partial charge on any atom is 0.278 e. The largest absolute Gasteiger partial charge is 0.382 e. The van der Waals surface area contributed by atoms with Crippen molar-refractivity contribution in [2.24, 2.45) is 0 Å². The van der Waals surface area contributed by atoms with E-state index < -0.39 is 17.0 Å². The van der Waals surface area contributed by atoms with Crippen LogP contribution in [-0.2, 0) is 16.8 Å². The summed E-state index contributed by atoms with van der Waals surface area (Å²) in [4.78, 5) is 20.8. The van der Waals surface area contributed by atoms with Crippen LogP contribution in [0.1, 0.15) is 16.1 Å². The highest BCUT2D eigenvalue weighted by Gasteiger charge is 2.15. The summed E-state index contributed by atoms with van der Waals surface area (Å²) in [7, 11) is 0. The van der Waals surface area contributed by atoms with Crippen molar-refractivity contribution in [1.82, 2.24) is 9.97 Å². The van der Waals surface area contributed by atoms with Crippen molar-refractivity contribution in [1.29, 1.82) is 0 Å². The second-order valence-electron chi connectivity index (χ2n) is 5.47. The van der Waals surface area contributed by atoms with Gasteiger partial charge < -0.3 is 15.6 Å². The summed E-state index contributed by atoms with van der Waals surface area (Å²) in [5.74, 6) is -0.358. The summed E-state index contributed by atoms with van der Waals surface area (Å²) in [6.07, 6.45) is 1.48. The average molecular weight is 368 g/mol. The maximum atomic E-state index is 12.4. The van der Waals surface area contributed by atoms with Crippen LogP contribution < -0.4 is 11.1 Å². The number of nitrogens with one attached hydrogen (secondary N) is 1. The second kappa shape index (κ2) is 7.85. The molecule has 132 valence electrons. The van der Waals surface area contributed by atoms with Crippen LogP contribution in [0.4, 0.5) is 11.5 Å². The molecule has 7 nitrogen and oxygen atoms in total. The molecule has 0 spiro atoms. The summed E-state index contributed by atoms with van der Waals surface area (Å²) in [6, 6.07) is 15.9. The average Bonchev–Trinajstić information content (AvgIpc) is 2.63. The number of anilines is 2. The molecule has 0 radical (unpaired) electrons. The van der Waals surface area contributed by atoms with Gasteiger partial charge in [-0.05, 0) is 17.7 Å². The molecule has 0 saturated heterocycles. The van der Waals surface area contributed by atoms with Gasteiger partial charge in [0, 0.05) is 11.3 Å². The number of benzene rings is 2. The quantitative estimate of drug-likeness (QED) is 0.596. The molecule has 0 aliphatic carbocycles. The molecule has 1 aromatic heterocycles. The Bertz CT molecular complexity index is 946. The predicted molar refractivity (Wildman–Crippen MR) is 101 cm³/mol. The summed E-state index contributed by atoms with van der Waals surface area (Å²) in [5.41, 5.74) is 8.39. The minimum atomic E-state index is -1.90. The van der Waals surface area contributed by atoms with Gasteiger partial charge in [0.1, 0.15) is 0 Å². The number of carbonyl (C=O) groups is 1. The minimum Gasteiger partial charge on any atom is -0.382 e. The predicted octanol–water partition coefficient (Wildman–Crippen LogP) is 2.70. The lowest BCUT2D eigenvalue weighted by atomic mass is 10.1. The fourth-order valence-corrected chi connectivity index (χ4v) is 2.81. The van der Waals surface area contributed by atoms with Crippen molar-refractivity contribution in [2.45, 2.75) is 5.75 Å². The summed E-state index contributed by atoms with van der Waals surface area (Å²) in [6.45, 7) is 0. The topological polar surface area (TPSA) is 118 Å². The smallest absolute Gasteiger partial charge is 0.278 e. The van der Waals surface area contributed by atoms with E-state index in [1.54, 1.807) is 36.4 Å². The van der Waals surface area contributed by atoms with E-state index in [2.05, 4.69) is 15.3 Å². The van der Waals surface area contributed by atoms with E-state index >= 15 is 0 Å². The van der Waals surface area contributed by atoms with Gasteiger partial charge in [-0.1, -0.05) is 42.5 Å². The van der Waals surface area contributed by atoms with E-state index in [0.29, 0.717) is 11.4 Å². The maximum absolute atomic E-state index is 12.4. The van der Waals surface area contributed by atoms with Crippen LogP contribution in [0.3, 0.4) is 0 Å². The van der Waals surface area contributed by atoms with Crippen LogP contribution >= 0.6 is 0 Å². The first-order chi connectivity index (χ1) is 12.5. The first kappa shape index (κ1) is 17.7. The third-order valence-corrected chi connectivity index (χ3v) is 4.17. The fourth-order valence-electron chi connectivity index (χ4n) is 2.33. The van der Waals surface area contributed by atoms with Crippen molar-refractivity contribution < 1.29 is 13.6 Å². The minimum absolute atomic E-state index is 0.0342. The van der Waals surface area contributed by atoms with E-state index in [-0.39, 0.29) is 17.3 Å². The van der Waals surface area contributed by atoms with E-state index in [4.69, 9.17) is 10.3 Å². The van der Waals surface area contributed by atoms with Crippen molar-refractivity contribution in [3.8, 4) is 11.3 Å². The lowest BCUT2D eigenvalue weighted by Crippen LogP contribution is -2.17. The first-order valence-corrected chi connectivity index (χ1v) is 8.96. The van der Waals surface area contributed by atoms with Crippen molar-refractivity contribution >= 4 is 28.5 Å². The number of nitrogen functional groups attached to an aromatic ring is 1. The standard InChI is InChI=1S/C18H16N4O3S/c19-17-16(18(23)21-14-4-2-1-3-5-14)22-15(10-20-17)13-8-6-12(7-9-13)11-26(24)25/h1-10H,11H2,(H2,19,20)(H,21,23)(H,24,25). The zero-order valence-corrected chi connectivity index (χ0v) is 14.4.